The summed E-state index contributed by atoms with van der Waals surface area (Å²) in [6.45, 7) is 4.93. The van der Waals surface area contributed by atoms with Crippen molar-refractivity contribution >= 4 is 9.84 Å². The maximum Gasteiger partial charge on any atom is 0.341 e. The molecule has 1 aromatic carbocycles. The average Bonchev–Trinajstić information content (AvgIpc) is 2.38. The second kappa shape index (κ2) is 6.96. The minimum atomic E-state index is -4.49. The smallest absolute Gasteiger partial charge is 0.314 e. The van der Waals surface area contributed by atoms with Crippen molar-refractivity contribution in [1.82, 2.24) is 5.32 Å². The van der Waals surface area contributed by atoms with Crippen molar-refractivity contribution in [2.75, 3.05) is 6.54 Å². The van der Waals surface area contributed by atoms with Crippen LogP contribution in [0.5, 0.6) is 0 Å². The van der Waals surface area contributed by atoms with Gasteiger partial charge in [-0.2, -0.15) is 8.78 Å². The van der Waals surface area contributed by atoms with E-state index in [2.05, 4.69) is 12.2 Å². The summed E-state index contributed by atoms with van der Waals surface area (Å²) in [6.07, 6.45) is 1.70. The Kier molecular flexibility index (Phi) is 5.87. The second-order valence-corrected chi connectivity index (χ2v) is 6.23. The topological polar surface area (TPSA) is 46.2 Å². The molecule has 0 amide bonds. The van der Waals surface area contributed by atoms with E-state index >= 15 is 0 Å². The molecule has 0 radical (unpaired) electrons. The zero-order valence-corrected chi connectivity index (χ0v) is 11.9. The van der Waals surface area contributed by atoms with Gasteiger partial charge in [-0.25, -0.2) is 8.42 Å². The molecule has 0 aromatic heterocycles. The third-order valence-corrected chi connectivity index (χ3v) is 4.35. The van der Waals surface area contributed by atoms with E-state index in [-0.39, 0.29) is 4.90 Å². The molecule has 0 aliphatic rings. The lowest BCUT2D eigenvalue weighted by Crippen LogP contribution is -2.30. The molecule has 0 aliphatic carbocycles. The van der Waals surface area contributed by atoms with Gasteiger partial charge in [0.2, 0.25) is 9.84 Å². The molecule has 0 spiro atoms. The van der Waals surface area contributed by atoms with Crippen LogP contribution in [0.25, 0.3) is 0 Å². The summed E-state index contributed by atoms with van der Waals surface area (Å²) in [5.74, 6) is -3.37. The molecular weight excluding hydrogens is 272 g/mol. The van der Waals surface area contributed by atoms with Gasteiger partial charge >= 0.3 is 5.76 Å². The molecule has 1 atom stereocenters. The number of hydrogen-bond donors (Lipinski definition) is 1. The number of alkyl halides is 2. The number of likely N-dealkylation sites (N-methyl/N-ethyl adjacent to an activating group) is 1. The van der Waals surface area contributed by atoms with Crippen molar-refractivity contribution in [2.45, 2.75) is 43.4 Å². The largest absolute Gasteiger partial charge is 0.341 e. The summed E-state index contributed by atoms with van der Waals surface area (Å²) in [6, 6.07) is 5.98. The number of hydrogen-bond acceptors (Lipinski definition) is 3. The van der Waals surface area contributed by atoms with Crippen LogP contribution < -0.4 is 5.32 Å². The highest BCUT2D eigenvalue weighted by molar-refractivity contribution is 7.91. The molecule has 1 unspecified atom stereocenters. The van der Waals surface area contributed by atoms with Crippen LogP contribution in [0.15, 0.2) is 29.2 Å². The quantitative estimate of drug-likeness (QED) is 0.840. The van der Waals surface area contributed by atoms with Crippen LogP contribution in [0.2, 0.25) is 0 Å². The van der Waals surface area contributed by atoms with Crippen molar-refractivity contribution in [3.8, 4) is 0 Å². The lowest BCUT2D eigenvalue weighted by molar-refractivity contribution is 0.234. The van der Waals surface area contributed by atoms with Crippen molar-refractivity contribution in [1.29, 1.82) is 0 Å². The standard InChI is InChI=1S/C13H19F2NO2S/c1-3-11(16-4-2)9-10-5-7-12(8-6-10)19(17,18)13(14)15/h5-8,11,13,16H,3-4,9H2,1-2H3. The third kappa shape index (κ3) is 4.24. The molecule has 0 saturated heterocycles. The minimum Gasteiger partial charge on any atom is -0.314 e. The van der Waals surface area contributed by atoms with E-state index in [1.54, 1.807) is 12.1 Å². The first-order valence-corrected chi connectivity index (χ1v) is 7.80. The molecule has 19 heavy (non-hydrogen) atoms. The van der Waals surface area contributed by atoms with E-state index in [0.29, 0.717) is 6.04 Å². The van der Waals surface area contributed by atoms with Gasteiger partial charge in [0, 0.05) is 6.04 Å². The van der Waals surface area contributed by atoms with E-state index < -0.39 is 15.6 Å². The molecule has 6 heteroatoms. The molecule has 0 bridgehead atoms. The van der Waals surface area contributed by atoms with Crippen LogP contribution in [-0.2, 0) is 16.3 Å². The van der Waals surface area contributed by atoms with Gasteiger partial charge in [-0.05, 0) is 37.1 Å². The first-order valence-electron chi connectivity index (χ1n) is 6.26. The van der Waals surface area contributed by atoms with Crippen molar-refractivity contribution in [2.24, 2.45) is 0 Å². The third-order valence-electron chi connectivity index (χ3n) is 2.95. The Morgan fingerprint density at radius 3 is 2.16 bits per heavy atom. The molecule has 3 nitrogen and oxygen atoms in total. The van der Waals surface area contributed by atoms with Gasteiger partial charge in [0.1, 0.15) is 0 Å². The summed E-state index contributed by atoms with van der Waals surface area (Å²) < 4.78 is 47.3. The van der Waals surface area contributed by atoms with Crippen molar-refractivity contribution in [3.05, 3.63) is 29.8 Å². The first-order chi connectivity index (χ1) is 8.91. The minimum absolute atomic E-state index is 0.308. The predicted octanol–water partition coefficient (Wildman–Crippen LogP) is 2.61. The van der Waals surface area contributed by atoms with Crippen LogP contribution in [0.1, 0.15) is 25.8 Å². The van der Waals surface area contributed by atoms with Crippen LogP contribution in [0.4, 0.5) is 8.78 Å². The van der Waals surface area contributed by atoms with E-state index in [1.165, 1.54) is 12.1 Å². The SMILES string of the molecule is CCNC(CC)Cc1ccc(S(=O)(=O)C(F)F)cc1. The van der Waals surface area contributed by atoms with Gasteiger partial charge < -0.3 is 5.32 Å². The Hall–Kier alpha value is -1.01. The van der Waals surface area contributed by atoms with Gasteiger partial charge in [-0.1, -0.05) is 26.0 Å². The Morgan fingerprint density at radius 2 is 1.74 bits per heavy atom. The fraction of sp³-hybridized carbons (Fsp3) is 0.538. The molecule has 1 aromatic rings. The fourth-order valence-corrected chi connectivity index (χ4v) is 2.57. The molecule has 0 aliphatic heterocycles. The number of benzene rings is 1. The van der Waals surface area contributed by atoms with E-state index in [9.17, 15) is 17.2 Å². The van der Waals surface area contributed by atoms with E-state index in [0.717, 1.165) is 24.9 Å². The summed E-state index contributed by atoms with van der Waals surface area (Å²) in [5, 5.41) is 3.31. The highest BCUT2D eigenvalue weighted by Crippen LogP contribution is 2.19. The molecule has 1 rings (SSSR count). The summed E-state index contributed by atoms with van der Waals surface area (Å²) in [4.78, 5) is -0.331. The molecule has 0 heterocycles. The van der Waals surface area contributed by atoms with Gasteiger partial charge in [-0.3, -0.25) is 0 Å². The maximum absolute atomic E-state index is 12.4. The molecular formula is C13H19F2NO2S. The Balaban J connectivity index is 2.82. The highest BCUT2D eigenvalue weighted by atomic mass is 32.2. The van der Waals surface area contributed by atoms with E-state index in [1.807, 2.05) is 6.92 Å². The monoisotopic (exact) mass is 291 g/mol. The zero-order chi connectivity index (χ0) is 14.5. The average molecular weight is 291 g/mol. The molecule has 0 saturated carbocycles. The number of nitrogens with one attached hydrogen (secondary N) is 1. The van der Waals surface area contributed by atoms with E-state index in [4.69, 9.17) is 0 Å². The summed E-state index contributed by atoms with van der Waals surface area (Å²) in [5.41, 5.74) is 0.931. The van der Waals surface area contributed by atoms with Crippen LogP contribution in [0.3, 0.4) is 0 Å². The van der Waals surface area contributed by atoms with Crippen LogP contribution in [-0.4, -0.2) is 26.8 Å². The predicted molar refractivity (Wildman–Crippen MR) is 71.1 cm³/mol. The lowest BCUT2D eigenvalue weighted by Gasteiger charge is -2.15. The highest BCUT2D eigenvalue weighted by Gasteiger charge is 2.26. The number of halogens is 2. The number of sulfone groups is 1. The Bertz CT molecular complexity index is 486. The van der Waals surface area contributed by atoms with Gasteiger partial charge in [0.25, 0.3) is 0 Å². The molecule has 1 N–H and O–H groups in total. The lowest BCUT2D eigenvalue weighted by atomic mass is 10.0. The van der Waals surface area contributed by atoms with Crippen LogP contribution >= 0.6 is 0 Å². The van der Waals surface area contributed by atoms with Crippen molar-refractivity contribution in [3.63, 3.8) is 0 Å². The van der Waals surface area contributed by atoms with Gasteiger partial charge in [0.05, 0.1) is 4.90 Å². The summed E-state index contributed by atoms with van der Waals surface area (Å²) >= 11 is 0. The van der Waals surface area contributed by atoms with Crippen LogP contribution in [0, 0.1) is 0 Å². The maximum atomic E-state index is 12.4. The van der Waals surface area contributed by atoms with Gasteiger partial charge in [0.15, 0.2) is 0 Å². The Morgan fingerprint density at radius 1 is 1.16 bits per heavy atom. The number of rotatable bonds is 7. The first kappa shape index (κ1) is 16.0. The fourth-order valence-electron chi connectivity index (χ4n) is 1.85. The molecule has 108 valence electrons. The summed E-state index contributed by atoms with van der Waals surface area (Å²) in [7, 11) is -4.49. The molecule has 0 fully saturated rings. The second-order valence-electron chi connectivity index (χ2n) is 4.32. The Labute approximate surface area is 112 Å². The van der Waals surface area contributed by atoms with Gasteiger partial charge in [-0.15, -0.1) is 0 Å². The normalized spacial score (nSPS) is 13.7. The van der Waals surface area contributed by atoms with Crippen molar-refractivity contribution < 1.29 is 17.2 Å². The zero-order valence-electron chi connectivity index (χ0n) is 11.1.